The van der Waals surface area contributed by atoms with Crippen molar-refractivity contribution < 1.29 is 17.9 Å². The van der Waals surface area contributed by atoms with E-state index in [-0.39, 0.29) is 5.75 Å². The second-order valence-corrected chi connectivity index (χ2v) is 5.94. The zero-order valence-electron chi connectivity index (χ0n) is 13.0. The number of ether oxygens (including phenoxy) is 1. The molecule has 5 heteroatoms. The van der Waals surface area contributed by atoms with Crippen LogP contribution < -0.4 is 4.74 Å². The van der Waals surface area contributed by atoms with Crippen LogP contribution in [-0.2, 0) is 6.42 Å². The molecule has 0 N–H and O–H groups in total. The normalized spacial score (nSPS) is 18.2. The summed E-state index contributed by atoms with van der Waals surface area (Å²) in [4.78, 5) is 2.49. The number of piperidine rings is 1. The van der Waals surface area contributed by atoms with E-state index >= 15 is 0 Å². The van der Waals surface area contributed by atoms with Crippen LogP contribution in [0.4, 0.5) is 13.2 Å². The minimum atomic E-state index is -4.63. The van der Waals surface area contributed by atoms with Crippen LogP contribution in [0.3, 0.4) is 0 Å². The molecule has 0 aliphatic carbocycles. The van der Waals surface area contributed by atoms with Gasteiger partial charge in [-0.25, -0.2) is 0 Å². The van der Waals surface area contributed by atoms with Crippen molar-refractivity contribution in [3.63, 3.8) is 0 Å². The standard InChI is InChI=1S/C17H24F3NO/c1-2-7-15(21-10-4-3-5-11-21)12-14-8-6-9-16(13-14)22-17(18,19)20/h6,8-9,13,15H,2-5,7,10-12H2,1H3. The van der Waals surface area contributed by atoms with Gasteiger partial charge in [-0.15, -0.1) is 13.2 Å². The molecule has 0 bridgehead atoms. The fourth-order valence-corrected chi connectivity index (χ4v) is 3.17. The highest BCUT2D eigenvalue weighted by atomic mass is 19.4. The number of hydrogen-bond donors (Lipinski definition) is 0. The molecule has 1 aliphatic heterocycles. The lowest BCUT2D eigenvalue weighted by Crippen LogP contribution is -2.40. The summed E-state index contributed by atoms with van der Waals surface area (Å²) in [6.45, 7) is 4.35. The molecule has 1 heterocycles. The van der Waals surface area contributed by atoms with E-state index in [2.05, 4.69) is 16.6 Å². The third-order valence-corrected chi connectivity index (χ3v) is 4.13. The summed E-state index contributed by atoms with van der Waals surface area (Å²) in [6, 6.07) is 6.80. The molecule has 1 unspecified atom stereocenters. The molecule has 22 heavy (non-hydrogen) atoms. The zero-order chi connectivity index (χ0) is 16.0. The molecule has 0 radical (unpaired) electrons. The van der Waals surface area contributed by atoms with Crippen molar-refractivity contribution in [1.29, 1.82) is 0 Å². The Hall–Kier alpha value is -1.23. The first-order chi connectivity index (χ1) is 10.5. The largest absolute Gasteiger partial charge is 0.573 e. The molecule has 1 atom stereocenters. The predicted octanol–water partition coefficient (Wildman–Crippen LogP) is 4.78. The van der Waals surface area contributed by atoms with Gasteiger partial charge in [-0.2, -0.15) is 0 Å². The van der Waals surface area contributed by atoms with Crippen molar-refractivity contribution in [1.82, 2.24) is 4.90 Å². The third kappa shape index (κ3) is 5.52. The third-order valence-electron chi connectivity index (χ3n) is 4.13. The molecule has 0 saturated carbocycles. The molecule has 0 aromatic heterocycles. The van der Waals surface area contributed by atoms with Crippen molar-refractivity contribution >= 4 is 0 Å². The number of benzene rings is 1. The number of likely N-dealkylation sites (tertiary alicyclic amines) is 1. The molecule has 2 nitrogen and oxygen atoms in total. The first-order valence-electron chi connectivity index (χ1n) is 8.06. The predicted molar refractivity (Wildman–Crippen MR) is 80.9 cm³/mol. The van der Waals surface area contributed by atoms with E-state index in [4.69, 9.17) is 0 Å². The van der Waals surface area contributed by atoms with Gasteiger partial charge in [0.15, 0.2) is 0 Å². The minimum absolute atomic E-state index is 0.126. The maximum Gasteiger partial charge on any atom is 0.573 e. The Balaban J connectivity index is 2.04. The van der Waals surface area contributed by atoms with E-state index in [1.54, 1.807) is 6.07 Å². The van der Waals surface area contributed by atoms with Crippen LogP contribution in [0.25, 0.3) is 0 Å². The summed E-state index contributed by atoms with van der Waals surface area (Å²) in [5.74, 6) is -0.126. The monoisotopic (exact) mass is 315 g/mol. The van der Waals surface area contributed by atoms with Crippen molar-refractivity contribution in [3.8, 4) is 5.75 Å². The van der Waals surface area contributed by atoms with Gasteiger partial charge in [0, 0.05) is 6.04 Å². The van der Waals surface area contributed by atoms with Crippen LogP contribution in [0.1, 0.15) is 44.6 Å². The smallest absolute Gasteiger partial charge is 0.406 e. The van der Waals surface area contributed by atoms with Crippen molar-refractivity contribution in [2.45, 2.75) is 57.9 Å². The fourth-order valence-electron chi connectivity index (χ4n) is 3.17. The summed E-state index contributed by atoms with van der Waals surface area (Å²) in [6.07, 6.45) is 2.03. The Bertz CT molecular complexity index is 455. The molecule has 1 aliphatic rings. The summed E-state index contributed by atoms with van der Waals surface area (Å²) in [5, 5.41) is 0. The lowest BCUT2D eigenvalue weighted by atomic mass is 9.98. The lowest BCUT2D eigenvalue weighted by molar-refractivity contribution is -0.274. The molecule has 0 amide bonds. The Labute approximate surface area is 130 Å². The van der Waals surface area contributed by atoms with Gasteiger partial charge in [0.1, 0.15) is 5.75 Å². The Morgan fingerprint density at radius 1 is 1.18 bits per heavy atom. The highest BCUT2D eigenvalue weighted by Crippen LogP contribution is 2.25. The molecular formula is C17H24F3NO. The highest BCUT2D eigenvalue weighted by molar-refractivity contribution is 5.29. The van der Waals surface area contributed by atoms with Crippen molar-refractivity contribution in [3.05, 3.63) is 29.8 Å². The molecular weight excluding hydrogens is 291 g/mol. The Morgan fingerprint density at radius 3 is 2.55 bits per heavy atom. The van der Waals surface area contributed by atoms with Gasteiger partial charge in [0.25, 0.3) is 0 Å². The molecule has 1 fully saturated rings. The van der Waals surface area contributed by atoms with Gasteiger partial charge in [0.2, 0.25) is 0 Å². The van der Waals surface area contributed by atoms with E-state index in [0.29, 0.717) is 6.04 Å². The summed E-state index contributed by atoms with van der Waals surface area (Å²) < 4.78 is 41.0. The first-order valence-corrected chi connectivity index (χ1v) is 8.06. The number of alkyl halides is 3. The molecule has 1 aromatic carbocycles. The Morgan fingerprint density at radius 2 is 1.91 bits per heavy atom. The lowest BCUT2D eigenvalue weighted by Gasteiger charge is -2.34. The first kappa shape index (κ1) is 17.1. The molecule has 1 aromatic rings. The number of nitrogens with zero attached hydrogens (tertiary/aromatic N) is 1. The topological polar surface area (TPSA) is 12.5 Å². The minimum Gasteiger partial charge on any atom is -0.406 e. The van der Waals surface area contributed by atoms with Gasteiger partial charge in [-0.3, -0.25) is 0 Å². The average Bonchev–Trinajstić information content (AvgIpc) is 2.46. The van der Waals surface area contributed by atoms with Crippen LogP contribution in [0.2, 0.25) is 0 Å². The number of rotatable bonds is 6. The average molecular weight is 315 g/mol. The van der Waals surface area contributed by atoms with Crippen molar-refractivity contribution in [2.75, 3.05) is 13.1 Å². The van der Waals surface area contributed by atoms with Crippen LogP contribution in [-0.4, -0.2) is 30.4 Å². The summed E-state index contributed by atoms with van der Waals surface area (Å²) in [7, 11) is 0. The van der Waals surface area contributed by atoms with E-state index in [9.17, 15) is 13.2 Å². The Kier molecular flexibility index (Phi) is 6.12. The van der Waals surface area contributed by atoms with Gasteiger partial charge < -0.3 is 9.64 Å². The van der Waals surface area contributed by atoms with E-state index in [1.165, 1.54) is 31.4 Å². The summed E-state index contributed by atoms with van der Waals surface area (Å²) in [5.41, 5.74) is 0.908. The van der Waals surface area contributed by atoms with Crippen LogP contribution >= 0.6 is 0 Å². The maximum absolute atomic E-state index is 12.3. The van der Waals surface area contributed by atoms with Gasteiger partial charge in [-0.05, 0) is 56.5 Å². The van der Waals surface area contributed by atoms with Crippen LogP contribution in [0.15, 0.2) is 24.3 Å². The highest BCUT2D eigenvalue weighted by Gasteiger charge is 2.31. The van der Waals surface area contributed by atoms with Gasteiger partial charge >= 0.3 is 6.36 Å². The molecule has 2 rings (SSSR count). The molecule has 124 valence electrons. The second-order valence-electron chi connectivity index (χ2n) is 5.94. The SMILES string of the molecule is CCCC(Cc1cccc(OC(F)(F)F)c1)N1CCCCC1. The van der Waals surface area contributed by atoms with Crippen molar-refractivity contribution in [2.24, 2.45) is 0 Å². The second kappa shape index (κ2) is 7.86. The quantitative estimate of drug-likeness (QED) is 0.749. The van der Waals surface area contributed by atoms with Gasteiger partial charge in [-0.1, -0.05) is 31.9 Å². The summed E-state index contributed by atoms with van der Waals surface area (Å²) >= 11 is 0. The molecule has 0 spiro atoms. The zero-order valence-corrected chi connectivity index (χ0v) is 13.0. The number of hydrogen-bond acceptors (Lipinski definition) is 2. The fraction of sp³-hybridized carbons (Fsp3) is 0.647. The maximum atomic E-state index is 12.3. The molecule has 1 saturated heterocycles. The van der Waals surface area contributed by atoms with Crippen LogP contribution in [0, 0.1) is 0 Å². The van der Waals surface area contributed by atoms with E-state index in [1.807, 2.05) is 6.07 Å². The van der Waals surface area contributed by atoms with Crippen LogP contribution in [0.5, 0.6) is 5.75 Å². The van der Waals surface area contributed by atoms with Gasteiger partial charge in [0.05, 0.1) is 0 Å². The van der Waals surface area contributed by atoms with E-state index in [0.717, 1.165) is 37.9 Å². The number of halogens is 3. The van der Waals surface area contributed by atoms with E-state index < -0.39 is 6.36 Å².